The number of benzene rings is 1. The van der Waals surface area contributed by atoms with Crippen molar-refractivity contribution in [2.75, 3.05) is 24.9 Å². The number of amides is 1. The fraction of sp³-hybridized carbons (Fsp3) is 0.231. The summed E-state index contributed by atoms with van der Waals surface area (Å²) in [6.45, 7) is 6.03. The maximum Gasteiger partial charge on any atom is 0.291 e. The highest BCUT2D eigenvalue weighted by atomic mass is 32.1. The lowest BCUT2D eigenvalue weighted by Gasteiger charge is -2.25. The molecule has 0 saturated carbocycles. The first-order valence-corrected chi connectivity index (χ1v) is 11.6. The van der Waals surface area contributed by atoms with Gasteiger partial charge in [-0.1, -0.05) is 18.2 Å². The molecule has 176 valence electrons. The average Bonchev–Trinajstić information content (AvgIpc) is 3.46. The quantitative estimate of drug-likeness (QED) is 0.317. The summed E-state index contributed by atoms with van der Waals surface area (Å²) in [4.78, 5) is 18.6. The lowest BCUT2D eigenvalue weighted by atomic mass is 9.95. The van der Waals surface area contributed by atoms with Crippen LogP contribution in [0.25, 0.3) is 0 Å². The molecule has 0 aliphatic carbocycles. The fourth-order valence-corrected chi connectivity index (χ4v) is 4.97. The number of nitrogens with one attached hydrogen (secondary N) is 2. The summed E-state index contributed by atoms with van der Waals surface area (Å²) in [7, 11) is 3.23. The van der Waals surface area contributed by atoms with Gasteiger partial charge in [0, 0.05) is 21.7 Å². The second-order valence-electron chi connectivity index (χ2n) is 7.78. The van der Waals surface area contributed by atoms with Crippen molar-refractivity contribution >= 4 is 28.1 Å². The minimum atomic E-state index is -0.379. The van der Waals surface area contributed by atoms with Gasteiger partial charge in [-0.2, -0.15) is 0 Å². The zero-order chi connectivity index (χ0) is 24.2. The Balaban J connectivity index is 1.87. The third-order valence-corrected chi connectivity index (χ3v) is 6.76. The van der Waals surface area contributed by atoms with Crippen molar-refractivity contribution in [2.45, 2.75) is 26.8 Å². The number of carbonyl (C=O) groups excluding carboxylic acids is 1. The molecule has 4 rings (SSSR count). The number of furan rings is 1. The van der Waals surface area contributed by atoms with E-state index in [2.05, 4.69) is 22.5 Å². The summed E-state index contributed by atoms with van der Waals surface area (Å²) >= 11 is 1.52. The Bertz CT molecular complexity index is 1300. The van der Waals surface area contributed by atoms with Crippen LogP contribution in [0.15, 0.2) is 59.2 Å². The molecule has 3 aromatic heterocycles. The number of carbonyl (C=O) groups is 1. The third-order valence-electron chi connectivity index (χ3n) is 5.62. The highest BCUT2D eigenvalue weighted by Gasteiger charge is 2.29. The minimum Gasteiger partial charge on any atom is -0.493 e. The van der Waals surface area contributed by atoms with Crippen LogP contribution in [0, 0.1) is 20.8 Å². The number of anilines is 2. The van der Waals surface area contributed by atoms with Gasteiger partial charge in [0.05, 0.1) is 26.5 Å². The zero-order valence-corrected chi connectivity index (χ0v) is 20.6. The highest BCUT2D eigenvalue weighted by Crippen LogP contribution is 2.45. The highest BCUT2D eigenvalue weighted by molar-refractivity contribution is 7.16. The van der Waals surface area contributed by atoms with Gasteiger partial charge < -0.3 is 24.5 Å². The number of aryl methyl sites for hydroxylation is 2. The molecular weight excluding hydrogens is 450 g/mol. The van der Waals surface area contributed by atoms with E-state index in [1.807, 2.05) is 50.2 Å². The van der Waals surface area contributed by atoms with E-state index in [0.717, 1.165) is 32.3 Å². The Labute approximate surface area is 202 Å². The van der Waals surface area contributed by atoms with Crippen LogP contribution in [0.4, 0.5) is 10.8 Å². The molecule has 0 spiro atoms. The molecule has 1 amide bonds. The van der Waals surface area contributed by atoms with Crippen LogP contribution in [0.5, 0.6) is 11.5 Å². The van der Waals surface area contributed by atoms with E-state index in [1.165, 1.54) is 17.6 Å². The molecule has 8 heteroatoms. The van der Waals surface area contributed by atoms with Gasteiger partial charge in [0.25, 0.3) is 5.91 Å². The maximum absolute atomic E-state index is 12.9. The smallest absolute Gasteiger partial charge is 0.291 e. The maximum atomic E-state index is 12.9. The molecule has 0 saturated heterocycles. The number of rotatable bonds is 8. The van der Waals surface area contributed by atoms with Crippen molar-refractivity contribution in [1.29, 1.82) is 0 Å². The first-order valence-electron chi connectivity index (χ1n) is 10.8. The molecule has 3 heterocycles. The zero-order valence-electron chi connectivity index (χ0n) is 19.8. The molecule has 2 N–H and O–H groups in total. The first kappa shape index (κ1) is 23.4. The Hall–Kier alpha value is -3.78. The van der Waals surface area contributed by atoms with Crippen LogP contribution in [0.2, 0.25) is 0 Å². The van der Waals surface area contributed by atoms with Crippen molar-refractivity contribution in [3.8, 4) is 11.5 Å². The van der Waals surface area contributed by atoms with Gasteiger partial charge in [0.15, 0.2) is 17.3 Å². The van der Waals surface area contributed by atoms with Crippen LogP contribution in [0.1, 0.15) is 43.9 Å². The summed E-state index contributed by atoms with van der Waals surface area (Å²) in [6, 6.07) is 14.5. The third kappa shape index (κ3) is 4.63. The molecule has 0 aliphatic rings. The summed E-state index contributed by atoms with van der Waals surface area (Å²) in [5.74, 6) is 1.88. The van der Waals surface area contributed by atoms with Gasteiger partial charge in [-0.05, 0) is 56.7 Å². The number of aromatic nitrogens is 1. The predicted octanol–water partition coefficient (Wildman–Crippen LogP) is 6.13. The molecular formula is C26H27N3O4S. The molecule has 1 unspecified atom stereocenters. The van der Waals surface area contributed by atoms with E-state index in [-0.39, 0.29) is 17.7 Å². The van der Waals surface area contributed by atoms with Crippen molar-refractivity contribution in [1.82, 2.24) is 4.98 Å². The van der Waals surface area contributed by atoms with E-state index in [1.54, 1.807) is 26.4 Å². The van der Waals surface area contributed by atoms with Crippen LogP contribution < -0.4 is 20.1 Å². The van der Waals surface area contributed by atoms with Crippen LogP contribution in [-0.4, -0.2) is 25.1 Å². The van der Waals surface area contributed by atoms with Gasteiger partial charge in [0.2, 0.25) is 0 Å². The normalized spacial score (nSPS) is 11.7. The lowest BCUT2D eigenvalue weighted by Crippen LogP contribution is -2.18. The van der Waals surface area contributed by atoms with E-state index >= 15 is 0 Å². The van der Waals surface area contributed by atoms with Crippen LogP contribution in [0.3, 0.4) is 0 Å². The van der Waals surface area contributed by atoms with Crippen molar-refractivity contribution < 1.29 is 18.7 Å². The summed E-state index contributed by atoms with van der Waals surface area (Å²) in [5, 5.41) is 7.34. The first-order chi connectivity index (χ1) is 16.4. The van der Waals surface area contributed by atoms with E-state index in [0.29, 0.717) is 17.3 Å². The predicted molar refractivity (Wildman–Crippen MR) is 134 cm³/mol. The lowest BCUT2D eigenvalue weighted by molar-refractivity contribution is 0.0997. The topological polar surface area (TPSA) is 85.6 Å². The van der Waals surface area contributed by atoms with Crippen molar-refractivity contribution in [3.05, 3.63) is 87.8 Å². The number of nitrogens with zero attached hydrogens (tertiary/aromatic N) is 1. The van der Waals surface area contributed by atoms with Gasteiger partial charge in [-0.3, -0.25) is 4.79 Å². The Morgan fingerprint density at radius 1 is 1.03 bits per heavy atom. The van der Waals surface area contributed by atoms with Gasteiger partial charge in [-0.25, -0.2) is 4.98 Å². The van der Waals surface area contributed by atoms with Gasteiger partial charge in [-0.15, -0.1) is 11.3 Å². The SMILES string of the molecule is COc1cccc(C(Nc2cccc(C)n2)c2c(NC(=O)c3ccco3)sc(C)c2C)c1OC. The molecule has 1 atom stereocenters. The Morgan fingerprint density at radius 3 is 2.50 bits per heavy atom. The number of thiophene rings is 1. The monoisotopic (exact) mass is 477 g/mol. The van der Waals surface area contributed by atoms with Crippen LogP contribution in [-0.2, 0) is 0 Å². The molecule has 0 fully saturated rings. The Morgan fingerprint density at radius 2 is 1.82 bits per heavy atom. The molecule has 7 nitrogen and oxygen atoms in total. The van der Waals surface area contributed by atoms with E-state index in [9.17, 15) is 4.79 Å². The van der Waals surface area contributed by atoms with Crippen molar-refractivity contribution in [3.63, 3.8) is 0 Å². The van der Waals surface area contributed by atoms with E-state index < -0.39 is 0 Å². The number of hydrogen-bond donors (Lipinski definition) is 2. The Kier molecular flexibility index (Phi) is 6.88. The molecule has 0 aliphatic heterocycles. The van der Waals surface area contributed by atoms with Crippen LogP contribution >= 0.6 is 11.3 Å². The van der Waals surface area contributed by atoms with Gasteiger partial charge in [0.1, 0.15) is 10.8 Å². The molecule has 0 radical (unpaired) electrons. The summed E-state index contributed by atoms with van der Waals surface area (Å²) < 4.78 is 16.6. The van der Waals surface area contributed by atoms with Crippen molar-refractivity contribution in [2.24, 2.45) is 0 Å². The fourth-order valence-electron chi connectivity index (χ4n) is 3.87. The number of methoxy groups -OCH3 is 2. The molecule has 0 bridgehead atoms. The molecule has 4 aromatic rings. The second kappa shape index (κ2) is 10.0. The van der Waals surface area contributed by atoms with E-state index in [4.69, 9.17) is 13.9 Å². The largest absolute Gasteiger partial charge is 0.493 e. The average molecular weight is 478 g/mol. The van der Waals surface area contributed by atoms with Gasteiger partial charge >= 0.3 is 0 Å². The number of ether oxygens (including phenoxy) is 2. The second-order valence-corrected chi connectivity index (χ2v) is 9.01. The minimum absolute atomic E-state index is 0.249. The standard InChI is InChI=1S/C26H27N3O4S/c1-15-9-6-13-21(27-15)28-23(18-10-7-11-19(31-4)24(18)32-5)22-16(2)17(3)34-26(22)29-25(30)20-12-8-14-33-20/h6-14,23H,1-5H3,(H,27,28)(H,29,30). The number of hydrogen-bond acceptors (Lipinski definition) is 7. The number of para-hydroxylation sites is 1. The summed E-state index contributed by atoms with van der Waals surface area (Å²) in [6.07, 6.45) is 1.48. The molecule has 34 heavy (non-hydrogen) atoms. The number of pyridine rings is 1. The summed E-state index contributed by atoms with van der Waals surface area (Å²) in [5.41, 5.74) is 3.75. The molecule has 1 aromatic carbocycles.